The van der Waals surface area contributed by atoms with Crippen LogP contribution in [-0.2, 0) is 19.1 Å². The van der Waals surface area contributed by atoms with E-state index >= 15 is 0 Å². The number of Topliss-reactive ketones (excluding diaryl/α,β-unsaturated/α-hetero) is 2. The fraction of sp³-hybridized carbons (Fsp3) is 0.829. The zero-order valence-corrected chi connectivity index (χ0v) is 28.5. The molecule has 0 radical (unpaired) electrons. The van der Waals surface area contributed by atoms with Crippen LogP contribution in [0.1, 0.15) is 87.0 Å². The van der Waals surface area contributed by atoms with Crippen LogP contribution in [0.25, 0.3) is 0 Å². The molecule has 1 saturated heterocycles. The van der Waals surface area contributed by atoms with E-state index in [1.165, 1.54) is 6.92 Å². The van der Waals surface area contributed by atoms with Crippen molar-refractivity contribution in [3.8, 4) is 0 Å². The fourth-order valence-electron chi connectivity index (χ4n) is 10.3. The molecule has 4 aliphatic carbocycles. The molecule has 0 aromatic heterocycles. The zero-order chi connectivity index (χ0) is 35.2. The Labute approximate surface area is 276 Å². The minimum absolute atomic E-state index is 0.0293. The van der Waals surface area contributed by atoms with E-state index in [9.17, 15) is 50.4 Å². The van der Waals surface area contributed by atoms with E-state index in [2.05, 4.69) is 0 Å². The van der Waals surface area contributed by atoms with E-state index in [0.29, 0.717) is 18.4 Å². The van der Waals surface area contributed by atoms with Crippen molar-refractivity contribution < 1.29 is 59.9 Å². The SMILES string of the molecule is CC1=C(OC2OC(CO)C(O)C(O)C2O)C(=O)CC2C1=CCC1C2(C)C(=O)CC2(C)C(C(C)(O)C(O)CCC(C)(C)O)C(O)CC12C. The minimum Gasteiger partial charge on any atom is -0.458 e. The molecule has 0 bridgehead atoms. The predicted molar refractivity (Wildman–Crippen MR) is 167 cm³/mol. The molecule has 14 unspecified atom stereocenters. The summed E-state index contributed by atoms with van der Waals surface area (Å²) in [6.45, 7) is 11.7. The Morgan fingerprint density at radius 3 is 2.26 bits per heavy atom. The van der Waals surface area contributed by atoms with E-state index < -0.39 is 94.6 Å². The van der Waals surface area contributed by atoms with Gasteiger partial charge < -0.3 is 50.3 Å². The maximum absolute atomic E-state index is 14.5. The second-order valence-corrected chi connectivity index (χ2v) is 16.5. The third-order valence-electron chi connectivity index (χ3n) is 13.1. The average molecular weight is 667 g/mol. The van der Waals surface area contributed by atoms with E-state index in [4.69, 9.17) is 9.47 Å². The number of rotatable bonds is 8. The van der Waals surface area contributed by atoms with Crippen molar-refractivity contribution in [2.45, 2.75) is 141 Å². The van der Waals surface area contributed by atoms with E-state index in [-0.39, 0.29) is 43.1 Å². The van der Waals surface area contributed by atoms with Crippen LogP contribution in [0.2, 0.25) is 0 Å². The Bertz CT molecular complexity index is 1330. The molecule has 1 aliphatic heterocycles. The molecular formula is C35H54O12. The van der Waals surface area contributed by atoms with Gasteiger partial charge in [0.1, 0.15) is 30.2 Å². The molecule has 5 rings (SSSR count). The number of fused-ring (bicyclic) bond motifs is 5. The molecule has 14 atom stereocenters. The molecule has 47 heavy (non-hydrogen) atoms. The summed E-state index contributed by atoms with van der Waals surface area (Å²) >= 11 is 0. The maximum atomic E-state index is 14.5. The van der Waals surface area contributed by atoms with Gasteiger partial charge in [-0.25, -0.2) is 0 Å². The molecule has 12 nitrogen and oxygen atoms in total. The largest absolute Gasteiger partial charge is 0.458 e. The van der Waals surface area contributed by atoms with Crippen molar-refractivity contribution >= 4 is 11.6 Å². The number of hydrogen-bond acceptors (Lipinski definition) is 12. The molecule has 5 aliphatic rings. The van der Waals surface area contributed by atoms with Crippen LogP contribution in [0.5, 0.6) is 0 Å². The highest BCUT2D eigenvalue weighted by atomic mass is 16.7. The van der Waals surface area contributed by atoms with Crippen molar-refractivity contribution in [2.75, 3.05) is 6.61 Å². The van der Waals surface area contributed by atoms with Crippen molar-refractivity contribution in [1.29, 1.82) is 0 Å². The average Bonchev–Trinajstić information content (AvgIpc) is 3.18. The predicted octanol–water partition coefficient (Wildman–Crippen LogP) is 0.648. The van der Waals surface area contributed by atoms with Crippen LogP contribution >= 0.6 is 0 Å². The highest BCUT2D eigenvalue weighted by Crippen LogP contribution is 2.73. The van der Waals surface area contributed by atoms with Gasteiger partial charge in [-0.2, -0.15) is 0 Å². The van der Waals surface area contributed by atoms with Crippen LogP contribution < -0.4 is 0 Å². The number of ether oxygens (including phenoxy) is 2. The maximum Gasteiger partial charge on any atom is 0.229 e. The second kappa shape index (κ2) is 11.9. The van der Waals surface area contributed by atoms with E-state index in [0.717, 1.165) is 5.57 Å². The molecule has 0 amide bonds. The topological polar surface area (TPSA) is 214 Å². The molecule has 0 aromatic rings. The lowest BCUT2D eigenvalue weighted by atomic mass is 9.39. The quantitative estimate of drug-likeness (QED) is 0.179. The second-order valence-electron chi connectivity index (χ2n) is 16.5. The van der Waals surface area contributed by atoms with Gasteiger partial charge in [0.25, 0.3) is 0 Å². The first-order valence-electron chi connectivity index (χ1n) is 16.8. The van der Waals surface area contributed by atoms with Crippen LogP contribution in [-0.4, -0.2) is 113 Å². The first-order valence-corrected chi connectivity index (χ1v) is 16.8. The minimum atomic E-state index is -1.75. The molecular weight excluding hydrogens is 612 g/mol. The Hall–Kier alpha value is -1.74. The molecule has 3 fully saturated rings. The number of aliphatic hydroxyl groups excluding tert-OH is 6. The first kappa shape index (κ1) is 36.5. The van der Waals surface area contributed by atoms with Gasteiger partial charge in [-0.15, -0.1) is 0 Å². The van der Waals surface area contributed by atoms with Gasteiger partial charge >= 0.3 is 0 Å². The summed E-state index contributed by atoms with van der Waals surface area (Å²) in [6.07, 6.45) is -6.89. The summed E-state index contributed by atoms with van der Waals surface area (Å²) in [6, 6.07) is 0. The lowest BCUT2D eigenvalue weighted by molar-refractivity contribution is -0.291. The Kier molecular flexibility index (Phi) is 9.29. The molecule has 12 heteroatoms. The number of aliphatic hydroxyl groups is 8. The molecule has 2 saturated carbocycles. The smallest absolute Gasteiger partial charge is 0.229 e. The van der Waals surface area contributed by atoms with Crippen LogP contribution in [0.15, 0.2) is 23.0 Å². The highest BCUT2D eigenvalue weighted by Gasteiger charge is 2.74. The van der Waals surface area contributed by atoms with Crippen LogP contribution in [0.4, 0.5) is 0 Å². The zero-order valence-electron chi connectivity index (χ0n) is 28.5. The number of carbonyl (C=O) groups excluding carboxylic acids is 2. The summed E-state index contributed by atoms with van der Waals surface area (Å²) in [5.74, 6) is -2.21. The fourth-order valence-corrected chi connectivity index (χ4v) is 10.3. The number of carbonyl (C=O) groups is 2. The normalized spacial score (nSPS) is 45.9. The summed E-state index contributed by atoms with van der Waals surface area (Å²) in [5, 5.41) is 85.4. The van der Waals surface area contributed by atoms with Crippen molar-refractivity contribution in [3.63, 3.8) is 0 Å². The standard InChI is InChI=1S/C35H54O12/c1-16-17-8-9-22-32(4)13-20(38)29(35(7,45)23(39)10-11-31(2,3)44)33(32,5)14-24(40)34(22,6)18(17)12-19(37)28(16)47-30-27(43)26(42)25(41)21(15-36)46-30/h8,18,20-23,25-27,29-30,36,38-39,41-45H,9-15H2,1-7H3. The summed E-state index contributed by atoms with van der Waals surface area (Å²) in [5.41, 5.74) is -4.12. The van der Waals surface area contributed by atoms with Crippen molar-refractivity contribution in [3.05, 3.63) is 23.0 Å². The monoisotopic (exact) mass is 666 g/mol. The Morgan fingerprint density at radius 1 is 1.02 bits per heavy atom. The van der Waals surface area contributed by atoms with Gasteiger partial charge in [-0.05, 0) is 81.3 Å². The lowest BCUT2D eigenvalue weighted by Crippen LogP contribution is -2.64. The van der Waals surface area contributed by atoms with E-state index in [1.807, 2.05) is 26.8 Å². The van der Waals surface area contributed by atoms with E-state index in [1.54, 1.807) is 20.8 Å². The van der Waals surface area contributed by atoms with Gasteiger partial charge in [0.15, 0.2) is 11.5 Å². The highest BCUT2D eigenvalue weighted by molar-refractivity contribution is 5.99. The number of ketones is 2. The van der Waals surface area contributed by atoms with Gasteiger partial charge in [-0.3, -0.25) is 9.59 Å². The summed E-state index contributed by atoms with van der Waals surface area (Å²) in [7, 11) is 0. The third kappa shape index (κ3) is 5.47. The molecule has 0 aromatic carbocycles. The number of allylic oxidation sites excluding steroid dienone is 4. The molecule has 266 valence electrons. The van der Waals surface area contributed by atoms with Crippen molar-refractivity contribution in [2.24, 2.45) is 34.0 Å². The van der Waals surface area contributed by atoms with Crippen LogP contribution in [0, 0.1) is 34.0 Å². The Morgan fingerprint density at radius 2 is 1.66 bits per heavy atom. The van der Waals surface area contributed by atoms with Crippen LogP contribution in [0.3, 0.4) is 0 Å². The van der Waals surface area contributed by atoms with Crippen molar-refractivity contribution in [1.82, 2.24) is 0 Å². The third-order valence-corrected chi connectivity index (χ3v) is 13.1. The Balaban J connectivity index is 1.47. The molecule has 8 N–H and O–H groups in total. The lowest BCUT2D eigenvalue weighted by Gasteiger charge is -2.63. The summed E-state index contributed by atoms with van der Waals surface area (Å²) < 4.78 is 11.3. The first-order chi connectivity index (χ1) is 21.6. The van der Waals surface area contributed by atoms with Gasteiger partial charge in [0.05, 0.1) is 30.0 Å². The summed E-state index contributed by atoms with van der Waals surface area (Å²) in [4.78, 5) is 28.3. The van der Waals surface area contributed by atoms with Gasteiger partial charge in [0, 0.05) is 30.1 Å². The number of hydrogen-bond donors (Lipinski definition) is 8. The molecule has 0 spiro atoms. The molecule has 1 heterocycles. The van der Waals surface area contributed by atoms with Gasteiger partial charge in [0.2, 0.25) is 6.29 Å². The van der Waals surface area contributed by atoms with Gasteiger partial charge in [-0.1, -0.05) is 26.8 Å².